The normalized spacial score (nSPS) is 15.3. The predicted molar refractivity (Wildman–Crippen MR) is 121 cm³/mol. The SMILES string of the molecule is CCN(CC)c1ccc(Sc2ccc(C(=O)C(C)(C)N3CCOCC3)cc2)cc1. The maximum Gasteiger partial charge on any atom is 0.182 e. The summed E-state index contributed by atoms with van der Waals surface area (Å²) in [6.07, 6.45) is 0. The molecule has 0 unspecified atom stereocenters. The second-order valence-electron chi connectivity index (χ2n) is 7.78. The van der Waals surface area contributed by atoms with E-state index in [4.69, 9.17) is 4.74 Å². The van der Waals surface area contributed by atoms with E-state index in [2.05, 4.69) is 47.9 Å². The zero-order valence-electron chi connectivity index (χ0n) is 18.0. The molecule has 0 bridgehead atoms. The summed E-state index contributed by atoms with van der Waals surface area (Å²) in [4.78, 5) is 20.0. The largest absolute Gasteiger partial charge is 0.379 e. The van der Waals surface area contributed by atoms with Gasteiger partial charge in [-0.05, 0) is 64.1 Å². The lowest BCUT2D eigenvalue weighted by Gasteiger charge is -2.39. The molecule has 0 aromatic heterocycles. The molecule has 29 heavy (non-hydrogen) atoms. The minimum atomic E-state index is -0.515. The number of ketones is 1. The zero-order valence-corrected chi connectivity index (χ0v) is 18.8. The highest BCUT2D eigenvalue weighted by atomic mass is 32.2. The van der Waals surface area contributed by atoms with Gasteiger partial charge in [0.1, 0.15) is 0 Å². The summed E-state index contributed by atoms with van der Waals surface area (Å²) in [6, 6.07) is 16.7. The summed E-state index contributed by atoms with van der Waals surface area (Å²) < 4.78 is 5.43. The van der Waals surface area contributed by atoms with Crippen LogP contribution in [0.5, 0.6) is 0 Å². The first-order valence-corrected chi connectivity index (χ1v) is 11.3. The highest BCUT2D eigenvalue weighted by molar-refractivity contribution is 7.99. The van der Waals surface area contributed by atoms with Crippen LogP contribution in [0.1, 0.15) is 38.1 Å². The Bertz CT molecular complexity index is 793. The molecule has 0 saturated carbocycles. The van der Waals surface area contributed by atoms with Crippen molar-refractivity contribution < 1.29 is 9.53 Å². The summed E-state index contributed by atoms with van der Waals surface area (Å²) >= 11 is 1.72. The highest BCUT2D eigenvalue weighted by Gasteiger charge is 2.35. The Hall–Kier alpha value is -1.82. The van der Waals surface area contributed by atoms with Gasteiger partial charge >= 0.3 is 0 Å². The smallest absolute Gasteiger partial charge is 0.182 e. The number of anilines is 1. The fourth-order valence-corrected chi connectivity index (χ4v) is 4.56. The lowest BCUT2D eigenvalue weighted by molar-refractivity contribution is -0.00430. The van der Waals surface area contributed by atoms with Crippen LogP contribution in [0.4, 0.5) is 5.69 Å². The van der Waals surface area contributed by atoms with Crippen LogP contribution in [0.15, 0.2) is 58.3 Å². The molecule has 1 fully saturated rings. The Morgan fingerprint density at radius 2 is 1.48 bits per heavy atom. The number of carbonyl (C=O) groups is 1. The molecule has 2 aromatic rings. The van der Waals surface area contributed by atoms with Crippen molar-refractivity contribution in [1.82, 2.24) is 4.90 Å². The molecule has 0 N–H and O–H groups in total. The Labute approximate surface area is 179 Å². The Morgan fingerprint density at radius 1 is 0.966 bits per heavy atom. The molecule has 5 heteroatoms. The summed E-state index contributed by atoms with van der Waals surface area (Å²) in [6.45, 7) is 13.4. The number of rotatable bonds is 8. The number of morpholine rings is 1. The summed E-state index contributed by atoms with van der Waals surface area (Å²) in [7, 11) is 0. The quantitative estimate of drug-likeness (QED) is 0.571. The van der Waals surface area contributed by atoms with Crippen LogP contribution in [0.25, 0.3) is 0 Å². The van der Waals surface area contributed by atoms with Gasteiger partial charge in [-0.25, -0.2) is 0 Å². The van der Waals surface area contributed by atoms with E-state index >= 15 is 0 Å². The van der Waals surface area contributed by atoms with Gasteiger partial charge in [-0.15, -0.1) is 0 Å². The molecule has 156 valence electrons. The van der Waals surface area contributed by atoms with Gasteiger partial charge in [0, 0.05) is 47.2 Å². The lowest BCUT2D eigenvalue weighted by atomic mass is 9.91. The van der Waals surface area contributed by atoms with E-state index < -0.39 is 5.54 Å². The molecule has 1 saturated heterocycles. The Kier molecular flexibility index (Phi) is 7.38. The van der Waals surface area contributed by atoms with E-state index in [1.54, 1.807) is 11.8 Å². The zero-order chi connectivity index (χ0) is 20.9. The van der Waals surface area contributed by atoms with Crippen LogP contribution in [-0.4, -0.2) is 55.6 Å². The average molecular weight is 413 g/mol. The summed E-state index contributed by atoms with van der Waals surface area (Å²) in [5.41, 5.74) is 1.51. The van der Waals surface area contributed by atoms with Gasteiger partial charge in [-0.3, -0.25) is 9.69 Å². The molecule has 1 aliphatic rings. The first-order valence-electron chi connectivity index (χ1n) is 10.5. The number of benzene rings is 2. The molecule has 2 aromatic carbocycles. The molecule has 1 aliphatic heterocycles. The van der Waals surface area contributed by atoms with Crippen LogP contribution >= 0.6 is 11.8 Å². The van der Waals surface area contributed by atoms with Crippen molar-refractivity contribution in [3.63, 3.8) is 0 Å². The number of Topliss-reactive ketones (excluding diaryl/α,β-unsaturated/α-hetero) is 1. The van der Waals surface area contributed by atoms with Crippen LogP contribution in [0, 0.1) is 0 Å². The summed E-state index contributed by atoms with van der Waals surface area (Å²) in [5, 5.41) is 0. The third-order valence-corrected chi connectivity index (χ3v) is 6.69. The van der Waals surface area contributed by atoms with E-state index in [0.29, 0.717) is 13.2 Å². The Morgan fingerprint density at radius 3 is 2.00 bits per heavy atom. The Balaban J connectivity index is 1.66. The third-order valence-electron chi connectivity index (χ3n) is 5.67. The fourth-order valence-electron chi connectivity index (χ4n) is 3.74. The maximum atomic E-state index is 13.1. The van der Waals surface area contributed by atoms with E-state index in [9.17, 15) is 4.79 Å². The van der Waals surface area contributed by atoms with E-state index in [0.717, 1.165) is 36.6 Å². The topological polar surface area (TPSA) is 32.8 Å². The fraction of sp³-hybridized carbons (Fsp3) is 0.458. The van der Waals surface area contributed by atoms with Crippen molar-refractivity contribution in [2.45, 2.75) is 43.0 Å². The van der Waals surface area contributed by atoms with Gasteiger partial charge in [0.25, 0.3) is 0 Å². The van der Waals surface area contributed by atoms with E-state index in [-0.39, 0.29) is 5.78 Å². The number of hydrogen-bond donors (Lipinski definition) is 0. The van der Waals surface area contributed by atoms with Crippen LogP contribution in [-0.2, 0) is 4.74 Å². The third kappa shape index (κ3) is 5.21. The first-order chi connectivity index (χ1) is 14.0. The van der Waals surface area contributed by atoms with Gasteiger partial charge in [0.2, 0.25) is 0 Å². The van der Waals surface area contributed by atoms with Gasteiger partial charge in [-0.1, -0.05) is 23.9 Å². The van der Waals surface area contributed by atoms with Crippen LogP contribution in [0.3, 0.4) is 0 Å². The minimum absolute atomic E-state index is 0.166. The molecular weight excluding hydrogens is 380 g/mol. The molecule has 0 aliphatic carbocycles. The average Bonchev–Trinajstić information content (AvgIpc) is 2.76. The molecule has 4 nitrogen and oxygen atoms in total. The molecular formula is C24H32N2O2S. The van der Waals surface area contributed by atoms with Crippen molar-refractivity contribution in [2.24, 2.45) is 0 Å². The molecule has 0 amide bonds. The van der Waals surface area contributed by atoms with Gasteiger partial charge in [0.05, 0.1) is 18.8 Å². The number of ether oxygens (including phenoxy) is 1. The first kappa shape index (κ1) is 21.9. The second kappa shape index (κ2) is 9.79. The van der Waals surface area contributed by atoms with Crippen LogP contribution in [0.2, 0.25) is 0 Å². The number of nitrogens with zero attached hydrogens (tertiary/aromatic N) is 2. The van der Waals surface area contributed by atoms with Crippen molar-refractivity contribution in [3.05, 3.63) is 54.1 Å². The van der Waals surface area contributed by atoms with Crippen molar-refractivity contribution in [2.75, 3.05) is 44.3 Å². The van der Waals surface area contributed by atoms with Gasteiger partial charge < -0.3 is 9.64 Å². The highest BCUT2D eigenvalue weighted by Crippen LogP contribution is 2.30. The molecule has 3 rings (SSSR count). The van der Waals surface area contributed by atoms with Crippen LogP contribution < -0.4 is 4.90 Å². The minimum Gasteiger partial charge on any atom is -0.379 e. The van der Waals surface area contributed by atoms with Crippen molar-refractivity contribution in [3.8, 4) is 0 Å². The predicted octanol–water partition coefficient (Wildman–Crippen LogP) is 4.98. The number of hydrogen-bond acceptors (Lipinski definition) is 5. The monoisotopic (exact) mass is 412 g/mol. The second-order valence-corrected chi connectivity index (χ2v) is 8.93. The van der Waals surface area contributed by atoms with E-state index in [1.807, 2.05) is 38.1 Å². The number of carbonyl (C=O) groups excluding carboxylic acids is 1. The molecule has 0 spiro atoms. The van der Waals surface area contributed by atoms with Gasteiger partial charge in [0.15, 0.2) is 5.78 Å². The van der Waals surface area contributed by atoms with Gasteiger partial charge in [-0.2, -0.15) is 0 Å². The lowest BCUT2D eigenvalue weighted by Crippen LogP contribution is -2.54. The van der Waals surface area contributed by atoms with E-state index in [1.165, 1.54) is 10.6 Å². The standard InChI is InChI=1S/C24H32N2O2S/c1-5-25(6-2)20-9-13-22(14-10-20)29-21-11-7-19(8-12-21)23(27)24(3,4)26-15-17-28-18-16-26/h7-14H,5-6,15-18H2,1-4H3. The molecule has 0 radical (unpaired) electrons. The molecule has 0 atom stereocenters. The maximum absolute atomic E-state index is 13.1. The van der Waals surface area contributed by atoms with Crippen molar-refractivity contribution >= 4 is 23.2 Å². The molecule has 1 heterocycles. The van der Waals surface area contributed by atoms with Crippen molar-refractivity contribution in [1.29, 1.82) is 0 Å². The summed E-state index contributed by atoms with van der Waals surface area (Å²) in [5.74, 6) is 0.166.